The van der Waals surface area contributed by atoms with Gasteiger partial charge in [0, 0.05) is 44.1 Å². The van der Waals surface area contributed by atoms with E-state index in [4.69, 9.17) is 20.1 Å². The van der Waals surface area contributed by atoms with Gasteiger partial charge in [0.05, 0.1) is 16.5 Å². The van der Waals surface area contributed by atoms with Crippen LogP contribution >= 0.6 is 15.9 Å². The number of aryl methyl sites for hydroxylation is 2. The molecule has 0 atom stereocenters. The third-order valence-electron chi connectivity index (χ3n) is 7.40. The van der Waals surface area contributed by atoms with Crippen molar-refractivity contribution in [1.29, 1.82) is 5.26 Å². The third-order valence-corrected chi connectivity index (χ3v) is 8.76. The predicted molar refractivity (Wildman–Crippen MR) is 173 cm³/mol. The number of allylic oxidation sites excluding steroid dienone is 1. The summed E-state index contributed by atoms with van der Waals surface area (Å²) in [6.07, 6.45) is 8.49. The Bertz CT molecular complexity index is 1810. The summed E-state index contributed by atoms with van der Waals surface area (Å²) in [4.78, 5) is 16.2. The van der Waals surface area contributed by atoms with E-state index in [1.165, 1.54) is 6.08 Å². The van der Waals surface area contributed by atoms with E-state index in [-0.39, 0.29) is 10.9 Å². The zero-order valence-electron chi connectivity index (χ0n) is 24.4. The number of primary sulfonamides is 1. The number of sulfonamides is 1. The molecule has 2 aromatic heterocycles. The zero-order valence-corrected chi connectivity index (χ0v) is 26.8. The smallest absolute Gasteiger partial charge is 0.238 e. The number of aromatic nitrogens is 3. The minimum atomic E-state index is -3.70. The van der Waals surface area contributed by atoms with Crippen LogP contribution in [0.5, 0.6) is 11.6 Å². The Kier molecular flexibility index (Phi) is 9.71. The first-order valence-corrected chi connectivity index (χ1v) is 16.4. The number of nitrogens with two attached hydrogens (primary N) is 1. The van der Waals surface area contributed by atoms with Crippen LogP contribution in [0.25, 0.3) is 17.2 Å². The molecule has 0 bridgehead atoms. The molecule has 1 saturated heterocycles. The largest absolute Gasteiger partial charge is 0.438 e. The van der Waals surface area contributed by atoms with Gasteiger partial charge in [0.2, 0.25) is 21.9 Å². The molecule has 0 radical (unpaired) electrons. The summed E-state index contributed by atoms with van der Waals surface area (Å²) in [5, 5.41) is 17.6. The Morgan fingerprint density at radius 3 is 2.45 bits per heavy atom. The maximum atomic E-state index is 11.5. The van der Waals surface area contributed by atoms with Crippen LogP contribution in [0.2, 0.25) is 0 Å². The molecular formula is C32H32BrN7O3S. The van der Waals surface area contributed by atoms with Crippen LogP contribution in [0, 0.1) is 25.2 Å². The van der Waals surface area contributed by atoms with Gasteiger partial charge in [0.25, 0.3) is 0 Å². The van der Waals surface area contributed by atoms with Crippen molar-refractivity contribution in [2.24, 2.45) is 5.14 Å². The lowest BCUT2D eigenvalue weighted by Gasteiger charge is -2.32. The molecular weight excluding hydrogens is 642 g/mol. The maximum Gasteiger partial charge on any atom is 0.238 e. The van der Waals surface area contributed by atoms with Gasteiger partial charge in [-0.1, -0.05) is 12.1 Å². The van der Waals surface area contributed by atoms with Crippen LogP contribution in [0.1, 0.15) is 35.1 Å². The number of likely N-dealkylation sites (tertiary alicyclic amines) is 1. The molecule has 3 heterocycles. The molecule has 0 unspecified atom stereocenters. The zero-order chi connectivity index (χ0) is 31.3. The summed E-state index contributed by atoms with van der Waals surface area (Å²) in [5.74, 6) is 1.61. The lowest BCUT2D eigenvalue weighted by molar-refractivity contribution is 0.211. The first-order chi connectivity index (χ1) is 21.1. The molecule has 4 aromatic rings. The Hall–Kier alpha value is -4.15. The van der Waals surface area contributed by atoms with Crippen LogP contribution in [0.15, 0.2) is 76.5 Å². The maximum absolute atomic E-state index is 11.5. The molecule has 3 N–H and O–H groups in total. The number of pyridine rings is 1. The summed E-state index contributed by atoms with van der Waals surface area (Å²) in [5.41, 5.74) is 5.39. The molecule has 44 heavy (non-hydrogen) atoms. The second kappa shape index (κ2) is 13.7. The van der Waals surface area contributed by atoms with E-state index in [0.717, 1.165) is 65.9 Å². The highest BCUT2D eigenvalue weighted by Crippen LogP contribution is 2.36. The number of piperidine rings is 1. The van der Waals surface area contributed by atoms with E-state index in [2.05, 4.69) is 36.1 Å². The number of anilines is 1. The van der Waals surface area contributed by atoms with E-state index in [9.17, 15) is 8.42 Å². The van der Waals surface area contributed by atoms with Crippen molar-refractivity contribution in [3.05, 3.63) is 93.9 Å². The van der Waals surface area contributed by atoms with Crippen LogP contribution in [-0.2, 0) is 16.6 Å². The number of nitrogens with zero attached hydrogens (tertiary/aromatic N) is 5. The van der Waals surface area contributed by atoms with E-state index < -0.39 is 10.0 Å². The molecule has 1 fully saturated rings. The Morgan fingerprint density at radius 1 is 1.11 bits per heavy atom. The summed E-state index contributed by atoms with van der Waals surface area (Å²) >= 11 is 3.45. The van der Waals surface area contributed by atoms with Gasteiger partial charge in [-0.15, -0.1) is 0 Å². The SMILES string of the molecule is Cc1cc(C=CC#N)cc(C)c1Oc1nc(NC2CCN(Cc3ccc(S(N)(=O)=O)cc3)CC2)ncc1-c1ccnc(Br)c1. The molecule has 1 aliphatic rings. The van der Waals surface area contributed by atoms with Crippen molar-refractivity contribution < 1.29 is 13.2 Å². The minimum Gasteiger partial charge on any atom is -0.438 e. The van der Waals surface area contributed by atoms with Crippen molar-refractivity contribution in [3.8, 4) is 28.8 Å². The molecule has 226 valence electrons. The van der Waals surface area contributed by atoms with Gasteiger partial charge < -0.3 is 10.1 Å². The van der Waals surface area contributed by atoms with E-state index in [0.29, 0.717) is 22.2 Å². The number of hydrogen-bond acceptors (Lipinski definition) is 9. The highest BCUT2D eigenvalue weighted by Gasteiger charge is 2.22. The average molecular weight is 675 g/mol. The second-order valence-corrected chi connectivity index (χ2v) is 13.1. The number of nitriles is 1. The normalized spacial score (nSPS) is 14.4. The van der Waals surface area contributed by atoms with Crippen LogP contribution in [0.3, 0.4) is 0 Å². The summed E-state index contributed by atoms with van der Waals surface area (Å²) in [7, 11) is -3.70. The van der Waals surface area contributed by atoms with Gasteiger partial charge in [-0.25, -0.2) is 23.5 Å². The number of rotatable bonds is 9. The molecule has 0 amide bonds. The lowest BCUT2D eigenvalue weighted by Crippen LogP contribution is -2.39. The van der Waals surface area contributed by atoms with Crippen molar-refractivity contribution >= 4 is 38.0 Å². The number of ether oxygens (including phenoxy) is 1. The second-order valence-electron chi connectivity index (χ2n) is 10.7. The highest BCUT2D eigenvalue weighted by atomic mass is 79.9. The van der Waals surface area contributed by atoms with Gasteiger partial charge in [-0.3, -0.25) is 4.90 Å². The standard InChI is InChI=1S/C32H32BrN7O3S/c1-21-16-24(4-3-12-34)17-22(2)30(21)43-31-28(25-9-13-36-29(33)18-25)19-37-32(39-31)38-26-10-14-40(15-11-26)20-23-5-7-27(8-6-23)44(35,41)42/h3-9,13,16-19,26H,10-11,14-15,20H2,1-2H3,(H2,35,41,42)(H,37,38,39). The number of halogens is 1. The quantitative estimate of drug-likeness (QED) is 0.162. The van der Waals surface area contributed by atoms with Crippen LogP contribution in [-0.4, -0.2) is 47.4 Å². The fourth-order valence-electron chi connectivity index (χ4n) is 5.21. The molecule has 5 rings (SSSR count). The average Bonchev–Trinajstić information content (AvgIpc) is 2.99. The van der Waals surface area contributed by atoms with Crippen LogP contribution < -0.4 is 15.2 Å². The molecule has 12 heteroatoms. The molecule has 10 nitrogen and oxygen atoms in total. The van der Waals surface area contributed by atoms with Gasteiger partial charge >= 0.3 is 0 Å². The summed E-state index contributed by atoms with van der Waals surface area (Å²) in [6.45, 7) is 6.40. The Morgan fingerprint density at radius 2 is 1.82 bits per heavy atom. The van der Waals surface area contributed by atoms with Gasteiger partial charge in [0.15, 0.2) is 0 Å². The van der Waals surface area contributed by atoms with Crippen molar-refractivity contribution in [2.45, 2.75) is 44.2 Å². The molecule has 1 aliphatic heterocycles. The van der Waals surface area contributed by atoms with Gasteiger partial charge in [-0.2, -0.15) is 10.2 Å². The number of benzene rings is 2. The first-order valence-electron chi connectivity index (χ1n) is 14.0. The number of hydrogen-bond donors (Lipinski definition) is 2. The Labute approximate surface area is 265 Å². The molecule has 0 aliphatic carbocycles. The topological polar surface area (TPSA) is 147 Å². The third kappa shape index (κ3) is 7.86. The fourth-order valence-corrected chi connectivity index (χ4v) is 6.09. The Balaban J connectivity index is 1.32. The predicted octanol–water partition coefficient (Wildman–Crippen LogP) is 5.97. The molecule has 0 saturated carbocycles. The lowest BCUT2D eigenvalue weighted by atomic mass is 10.0. The summed E-state index contributed by atoms with van der Waals surface area (Å²) in [6, 6.07) is 16.7. The van der Waals surface area contributed by atoms with Crippen molar-refractivity contribution in [1.82, 2.24) is 19.9 Å². The first kappa shape index (κ1) is 31.3. The van der Waals surface area contributed by atoms with Crippen molar-refractivity contribution in [3.63, 3.8) is 0 Å². The molecule has 2 aromatic carbocycles. The van der Waals surface area contributed by atoms with Crippen molar-refractivity contribution in [2.75, 3.05) is 18.4 Å². The number of nitrogens with one attached hydrogen (secondary N) is 1. The fraction of sp³-hybridized carbons (Fsp3) is 0.250. The van der Waals surface area contributed by atoms with Gasteiger partial charge in [-0.05, 0) is 113 Å². The monoisotopic (exact) mass is 673 g/mol. The minimum absolute atomic E-state index is 0.116. The van der Waals surface area contributed by atoms with Crippen LogP contribution in [0.4, 0.5) is 5.95 Å². The molecule has 0 spiro atoms. The highest BCUT2D eigenvalue weighted by molar-refractivity contribution is 9.10. The van der Waals surface area contributed by atoms with Gasteiger partial charge in [0.1, 0.15) is 10.4 Å². The van der Waals surface area contributed by atoms with E-state index >= 15 is 0 Å². The van der Waals surface area contributed by atoms with E-state index in [1.807, 2.05) is 56.3 Å². The summed E-state index contributed by atoms with van der Waals surface area (Å²) < 4.78 is 30.3. The van der Waals surface area contributed by atoms with E-state index in [1.54, 1.807) is 30.6 Å².